The van der Waals surface area contributed by atoms with Gasteiger partial charge in [0.1, 0.15) is 11.6 Å². The van der Waals surface area contributed by atoms with Crippen molar-refractivity contribution in [3.05, 3.63) is 29.3 Å². The number of halogens is 2. The molecule has 1 fully saturated rings. The topological polar surface area (TPSA) is 32.3 Å². The zero-order valence-corrected chi connectivity index (χ0v) is 8.67. The van der Waals surface area contributed by atoms with Gasteiger partial charge >= 0.3 is 0 Å². The smallest absolute Gasteiger partial charge is 0.153 e. The SMILES string of the molecule is O=Cc1cc(F)c(N2CCNCC2)cc1F. The van der Waals surface area contributed by atoms with Gasteiger partial charge < -0.3 is 10.2 Å². The number of nitrogens with one attached hydrogen (secondary N) is 1. The Morgan fingerprint density at radius 3 is 2.50 bits per heavy atom. The van der Waals surface area contributed by atoms with E-state index in [1.165, 1.54) is 0 Å². The van der Waals surface area contributed by atoms with Crippen LogP contribution in [-0.4, -0.2) is 32.5 Å². The van der Waals surface area contributed by atoms with Crippen molar-refractivity contribution in [2.24, 2.45) is 0 Å². The van der Waals surface area contributed by atoms with Crippen molar-refractivity contribution in [2.75, 3.05) is 31.1 Å². The lowest BCUT2D eigenvalue weighted by Gasteiger charge is -2.29. The van der Waals surface area contributed by atoms with E-state index in [-0.39, 0.29) is 11.3 Å². The molecule has 0 amide bonds. The molecular weight excluding hydrogens is 214 g/mol. The highest BCUT2D eigenvalue weighted by atomic mass is 19.1. The van der Waals surface area contributed by atoms with Crippen LogP contribution in [0.5, 0.6) is 0 Å². The first-order chi connectivity index (χ1) is 7.72. The predicted molar refractivity (Wildman–Crippen MR) is 56.8 cm³/mol. The summed E-state index contributed by atoms with van der Waals surface area (Å²) < 4.78 is 27.0. The number of piperazine rings is 1. The van der Waals surface area contributed by atoms with Gasteiger partial charge in [0.15, 0.2) is 6.29 Å². The van der Waals surface area contributed by atoms with Gasteiger partial charge in [0.25, 0.3) is 0 Å². The van der Waals surface area contributed by atoms with E-state index in [1.54, 1.807) is 4.90 Å². The number of carbonyl (C=O) groups excluding carboxylic acids is 1. The summed E-state index contributed by atoms with van der Waals surface area (Å²) in [5.74, 6) is -1.23. The number of benzene rings is 1. The Labute approximate surface area is 92.1 Å². The monoisotopic (exact) mass is 226 g/mol. The Hall–Kier alpha value is -1.49. The van der Waals surface area contributed by atoms with E-state index in [1.807, 2.05) is 0 Å². The summed E-state index contributed by atoms with van der Waals surface area (Å²) in [6.45, 7) is 2.76. The van der Waals surface area contributed by atoms with Crippen molar-refractivity contribution in [3.63, 3.8) is 0 Å². The summed E-state index contributed by atoms with van der Waals surface area (Å²) in [5.41, 5.74) is -0.0130. The Morgan fingerprint density at radius 2 is 1.88 bits per heavy atom. The third kappa shape index (κ3) is 2.04. The van der Waals surface area contributed by atoms with Gasteiger partial charge in [-0.25, -0.2) is 8.78 Å². The normalized spacial score (nSPS) is 16.2. The zero-order chi connectivity index (χ0) is 11.5. The molecule has 0 saturated carbocycles. The van der Waals surface area contributed by atoms with Crippen molar-refractivity contribution < 1.29 is 13.6 Å². The van der Waals surface area contributed by atoms with Gasteiger partial charge in [0.2, 0.25) is 0 Å². The van der Waals surface area contributed by atoms with Gasteiger partial charge in [-0.05, 0) is 6.07 Å². The van der Waals surface area contributed by atoms with E-state index < -0.39 is 11.6 Å². The van der Waals surface area contributed by atoms with Crippen LogP contribution < -0.4 is 10.2 Å². The van der Waals surface area contributed by atoms with Crippen LogP contribution in [0.3, 0.4) is 0 Å². The number of nitrogens with zero attached hydrogens (tertiary/aromatic N) is 1. The largest absolute Gasteiger partial charge is 0.367 e. The van der Waals surface area contributed by atoms with E-state index in [4.69, 9.17) is 0 Å². The number of hydrogen-bond donors (Lipinski definition) is 1. The minimum atomic E-state index is -0.676. The molecular formula is C11H12F2N2O. The number of rotatable bonds is 2. The van der Waals surface area contributed by atoms with Crippen LogP contribution in [0.1, 0.15) is 10.4 Å². The number of carbonyl (C=O) groups is 1. The van der Waals surface area contributed by atoms with E-state index in [0.29, 0.717) is 19.4 Å². The van der Waals surface area contributed by atoms with Crippen LogP contribution in [0.2, 0.25) is 0 Å². The molecule has 1 aromatic rings. The van der Waals surface area contributed by atoms with Gasteiger partial charge in [-0.2, -0.15) is 0 Å². The van der Waals surface area contributed by atoms with Crippen LogP contribution in [0.15, 0.2) is 12.1 Å². The molecule has 3 nitrogen and oxygen atoms in total. The van der Waals surface area contributed by atoms with Gasteiger partial charge in [-0.15, -0.1) is 0 Å². The highest BCUT2D eigenvalue weighted by Gasteiger charge is 2.17. The van der Waals surface area contributed by atoms with E-state index in [0.717, 1.165) is 25.2 Å². The minimum absolute atomic E-state index is 0.226. The third-order valence-corrected chi connectivity index (χ3v) is 2.65. The van der Waals surface area contributed by atoms with Crippen molar-refractivity contribution in [1.29, 1.82) is 0 Å². The molecule has 86 valence electrons. The fourth-order valence-electron chi connectivity index (χ4n) is 1.79. The Bertz CT molecular complexity index is 403. The van der Waals surface area contributed by atoms with Gasteiger partial charge in [0, 0.05) is 32.2 Å². The number of aldehydes is 1. The highest BCUT2D eigenvalue weighted by Crippen LogP contribution is 2.22. The lowest BCUT2D eigenvalue weighted by molar-refractivity contribution is 0.111. The summed E-state index contributed by atoms with van der Waals surface area (Å²) in [5, 5.41) is 3.13. The average Bonchev–Trinajstić information content (AvgIpc) is 2.32. The molecule has 1 saturated heterocycles. The van der Waals surface area contributed by atoms with E-state index in [9.17, 15) is 13.6 Å². The highest BCUT2D eigenvalue weighted by molar-refractivity contribution is 5.76. The first kappa shape index (κ1) is 11.0. The fourth-order valence-corrected chi connectivity index (χ4v) is 1.79. The minimum Gasteiger partial charge on any atom is -0.367 e. The lowest BCUT2D eigenvalue weighted by Crippen LogP contribution is -2.43. The quantitative estimate of drug-likeness (QED) is 0.769. The molecule has 1 N–H and O–H groups in total. The average molecular weight is 226 g/mol. The molecule has 1 aliphatic rings. The molecule has 1 aliphatic heterocycles. The first-order valence-electron chi connectivity index (χ1n) is 5.12. The third-order valence-electron chi connectivity index (χ3n) is 2.65. The maximum absolute atomic E-state index is 13.6. The van der Waals surface area contributed by atoms with Crippen LogP contribution in [0.25, 0.3) is 0 Å². The van der Waals surface area contributed by atoms with Crippen LogP contribution in [-0.2, 0) is 0 Å². The molecule has 0 bridgehead atoms. The lowest BCUT2D eigenvalue weighted by atomic mass is 10.1. The van der Waals surface area contributed by atoms with Crippen LogP contribution in [0, 0.1) is 11.6 Å². The maximum Gasteiger partial charge on any atom is 0.153 e. The second-order valence-corrected chi connectivity index (χ2v) is 3.68. The molecule has 1 aromatic carbocycles. The molecule has 0 aromatic heterocycles. The number of anilines is 1. The standard InChI is InChI=1S/C11H12F2N2O/c12-9-6-11(10(13)5-8(9)7-16)15-3-1-14-2-4-15/h5-7,14H,1-4H2. The molecule has 0 atom stereocenters. The molecule has 1 heterocycles. The summed E-state index contributed by atoms with van der Waals surface area (Å²) >= 11 is 0. The van der Waals surface area contributed by atoms with Gasteiger partial charge in [-0.3, -0.25) is 4.79 Å². The van der Waals surface area contributed by atoms with E-state index in [2.05, 4.69) is 5.32 Å². The van der Waals surface area contributed by atoms with Gasteiger partial charge in [-0.1, -0.05) is 0 Å². The van der Waals surface area contributed by atoms with Gasteiger partial charge in [0.05, 0.1) is 11.3 Å². The fraction of sp³-hybridized carbons (Fsp3) is 0.364. The van der Waals surface area contributed by atoms with Crippen molar-refractivity contribution >= 4 is 12.0 Å². The molecule has 0 radical (unpaired) electrons. The predicted octanol–water partition coefficient (Wildman–Crippen LogP) is 1.19. The van der Waals surface area contributed by atoms with Crippen LogP contribution >= 0.6 is 0 Å². The van der Waals surface area contributed by atoms with Crippen molar-refractivity contribution in [1.82, 2.24) is 5.32 Å². The zero-order valence-electron chi connectivity index (χ0n) is 8.67. The maximum atomic E-state index is 13.6. The molecule has 0 unspecified atom stereocenters. The van der Waals surface area contributed by atoms with E-state index >= 15 is 0 Å². The summed E-state index contributed by atoms with van der Waals surface area (Å²) in [7, 11) is 0. The summed E-state index contributed by atoms with van der Waals surface area (Å²) in [6, 6.07) is 2.03. The second-order valence-electron chi connectivity index (χ2n) is 3.68. The van der Waals surface area contributed by atoms with Crippen molar-refractivity contribution in [2.45, 2.75) is 0 Å². The number of hydrogen-bond acceptors (Lipinski definition) is 3. The molecule has 0 spiro atoms. The second kappa shape index (κ2) is 4.57. The molecule has 2 rings (SSSR count). The summed E-state index contributed by atoms with van der Waals surface area (Å²) in [6.07, 6.45) is 0.319. The van der Waals surface area contributed by atoms with Crippen LogP contribution in [0.4, 0.5) is 14.5 Å². The Morgan fingerprint density at radius 1 is 1.19 bits per heavy atom. The molecule has 16 heavy (non-hydrogen) atoms. The summed E-state index contributed by atoms with van der Waals surface area (Å²) in [4.78, 5) is 12.2. The Kier molecular flexibility index (Phi) is 3.14. The molecule has 5 heteroatoms. The molecule has 0 aliphatic carbocycles. The van der Waals surface area contributed by atoms with Crippen molar-refractivity contribution in [3.8, 4) is 0 Å². The Balaban J connectivity index is 2.33. The first-order valence-corrected chi connectivity index (χ1v) is 5.12.